The first-order valence-corrected chi connectivity index (χ1v) is 5.28. The molecule has 0 aliphatic heterocycles. The van der Waals surface area contributed by atoms with Crippen LogP contribution >= 0.6 is 0 Å². The minimum atomic E-state index is -4.70. The van der Waals surface area contributed by atoms with Crippen molar-refractivity contribution in [3.05, 3.63) is 35.4 Å². The summed E-state index contributed by atoms with van der Waals surface area (Å²) in [6.45, 7) is 2.05. The number of hydrogen-bond acceptors (Lipinski definition) is 2. The molecule has 0 radical (unpaired) electrons. The second kappa shape index (κ2) is 4.91. The van der Waals surface area contributed by atoms with Crippen molar-refractivity contribution in [1.82, 2.24) is 5.32 Å². The molecule has 2 N–H and O–H groups in total. The van der Waals surface area contributed by atoms with Crippen LogP contribution in [0.3, 0.4) is 0 Å². The second-order valence-electron chi connectivity index (χ2n) is 4.15. The zero-order chi connectivity index (χ0) is 14.8. The van der Waals surface area contributed by atoms with Crippen molar-refractivity contribution in [2.24, 2.45) is 0 Å². The van der Waals surface area contributed by atoms with Crippen LogP contribution in [0.1, 0.15) is 25.0 Å². The van der Waals surface area contributed by atoms with E-state index in [0.717, 1.165) is 32.0 Å². The van der Waals surface area contributed by atoms with Crippen LogP contribution in [0.5, 0.6) is 0 Å². The molecule has 19 heavy (non-hydrogen) atoms. The number of carbonyl (C=O) groups excluding carboxylic acids is 1. The smallest absolute Gasteiger partial charge is 0.416 e. The number of rotatable bonds is 3. The van der Waals surface area contributed by atoms with Gasteiger partial charge in [0.2, 0.25) is 5.91 Å². The molecule has 0 saturated heterocycles. The lowest BCUT2D eigenvalue weighted by atomic mass is 9.87. The summed E-state index contributed by atoms with van der Waals surface area (Å²) in [6.07, 6.45) is -4.70. The van der Waals surface area contributed by atoms with Gasteiger partial charge in [0.05, 0.1) is 5.56 Å². The van der Waals surface area contributed by atoms with Crippen LogP contribution in [0.15, 0.2) is 24.3 Å². The summed E-state index contributed by atoms with van der Waals surface area (Å²) in [5, 5.41) is 11.2. The Balaban J connectivity index is 3.48. The lowest BCUT2D eigenvalue weighted by molar-refractivity contribution is -0.149. The lowest BCUT2D eigenvalue weighted by Gasteiger charge is -2.28. The molecular weight excluding hydrogens is 263 g/mol. The van der Waals surface area contributed by atoms with E-state index in [0.29, 0.717) is 0 Å². The maximum absolute atomic E-state index is 12.9. The van der Waals surface area contributed by atoms with Gasteiger partial charge in [-0.3, -0.25) is 4.79 Å². The van der Waals surface area contributed by atoms with Gasteiger partial charge >= 0.3 is 12.1 Å². The third kappa shape index (κ3) is 3.04. The van der Waals surface area contributed by atoms with Crippen molar-refractivity contribution in [3.8, 4) is 0 Å². The Morgan fingerprint density at radius 2 is 1.63 bits per heavy atom. The number of amides is 1. The fourth-order valence-electron chi connectivity index (χ4n) is 1.75. The SMILES string of the molecule is CC(=O)NC(C)(C(=O)O)c1ccccc1C(F)(F)F. The molecule has 0 spiro atoms. The van der Waals surface area contributed by atoms with Crippen molar-refractivity contribution in [2.45, 2.75) is 25.6 Å². The molecule has 0 saturated carbocycles. The minimum Gasteiger partial charge on any atom is -0.479 e. The minimum absolute atomic E-state index is 0.509. The molecule has 1 unspecified atom stereocenters. The number of carboxylic acids is 1. The Kier molecular flexibility index (Phi) is 3.88. The van der Waals surface area contributed by atoms with Crippen LogP contribution < -0.4 is 5.32 Å². The van der Waals surface area contributed by atoms with Gasteiger partial charge in [-0.25, -0.2) is 4.79 Å². The molecule has 0 aliphatic rings. The topological polar surface area (TPSA) is 66.4 Å². The van der Waals surface area contributed by atoms with E-state index in [9.17, 15) is 22.8 Å². The van der Waals surface area contributed by atoms with Gasteiger partial charge in [0, 0.05) is 12.5 Å². The van der Waals surface area contributed by atoms with E-state index in [4.69, 9.17) is 5.11 Å². The van der Waals surface area contributed by atoms with Crippen LogP contribution in [-0.4, -0.2) is 17.0 Å². The molecule has 1 aromatic rings. The third-order valence-electron chi connectivity index (χ3n) is 2.62. The molecule has 4 nitrogen and oxygen atoms in total. The van der Waals surface area contributed by atoms with Crippen LogP contribution in [0.2, 0.25) is 0 Å². The van der Waals surface area contributed by atoms with Gasteiger partial charge in [-0.2, -0.15) is 13.2 Å². The van der Waals surface area contributed by atoms with Gasteiger partial charge in [-0.1, -0.05) is 18.2 Å². The number of halogens is 3. The number of aliphatic carboxylic acids is 1. The van der Waals surface area contributed by atoms with Gasteiger partial charge in [-0.15, -0.1) is 0 Å². The Labute approximate surface area is 107 Å². The van der Waals surface area contributed by atoms with Crippen molar-refractivity contribution in [2.75, 3.05) is 0 Å². The average molecular weight is 275 g/mol. The van der Waals surface area contributed by atoms with Crippen LogP contribution in [-0.2, 0) is 21.3 Å². The quantitative estimate of drug-likeness (QED) is 0.888. The highest BCUT2D eigenvalue weighted by atomic mass is 19.4. The molecule has 7 heteroatoms. The highest BCUT2D eigenvalue weighted by Crippen LogP contribution is 2.36. The molecule has 1 atom stereocenters. The maximum Gasteiger partial charge on any atom is 0.416 e. The summed E-state index contributed by atoms with van der Waals surface area (Å²) in [6, 6.07) is 4.25. The van der Waals surface area contributed by atoms with Gasteiger partial charge in [-0.05, 0) is 13.0 Å². The molecule has 0 fully saturated rings. The van der Waals surface area contributed by atoms with Crippen molar-refractivity contribution < 1.29 is 27.9 Å². The van der Waals surface area contributed by atoms with Crippen LogP contribution in [0.25, 0.3) is 0 Å². The summed E-state index contributed by atoms with van der Waals surface area (Å²) >= 11 is 0. The average Bonchev–Trinajstić information content (AvgIpc) is 2.26. The van der Waals surface area contributed by atoms with E-state index in [1.165, 1.54) is 6.07 Å². The monoisotopic (exact) mass is 275 g/mol. The number of alkyl halides is 3. The number of carbonyl (C=O) groups is 2. The summed E-state index contributed by atoms with van der Waals surface area (Å²) in [7, 11) is 0. The predicted molar refractivity (Wildman–Crippen MR) is 60.2 cm³/mol. The molecule has 0 aromatic heterocycles. The number of nitrogens with one attached hydrogen (secondary N) is 1. The molecule has 104 valence electrons. The summed E-state index contributed by atoms with van der Waals surface area (Å²) in [5.74, 6) is -2.30. The van der Waals surface area contributed by atoms with Gasteiger partial charge < -0.3 is 10.4 Å². The Morgan fingerprint density at radius 3 is 2.00 bits per heavy atom. The predicted octanol–water partition coefficient (Wildman–Crippen LogP) is 2.14. The Bertz CT molecular complexity index is 513. The molecule has 1 aromatic carbocycles. The largest absolute Gasteiger partial charge is 0.479 e. The highest BCUT2D eigenvalue weighted by Gasteiger charge is 2.44. The zero-order valence-corrected chi connectivity index (χ0v) is 10.2. The molecular formula is C12H12F3NO3. The first-order chi connectivity index (χ1) is 8.59. The maximum atomic E-state index is 12.9. The Morgan fingerprint density at radius 1 is 1.16 bits per heavy atom. The summed E-state index contributed by atoms with van der Waals surface area (Å²) in [4.78, 5) is 22.3. The zero-order valence-electron chi connectivity index (χ0n) is 10.2. The standard InChI is InChI=1S/C12H12F3NO3/c1-7(17)16-11(2,10(18)19)8-5-3-4-6-9(8)12(13,14)15/h3-6H,1-2H3,(H,16,17)(H,18,19). The van der Waals surface area contributed by atoms with E-state index in [1.54, 1.807) is 0 Å². The molecule has 1 rings (SSSR count). The van der Waals surface area contributed by atoms with Crippen LogP contribution in [0, 0.1) is 0 Å². The van der Waals surface area contributed by atoms with Gasteiger partial charge in [0.1, 0.15) is 0 Å². The molecule has 0 bridgehead atoms. The first kappa shape index (κ1) is 15.0. The van der Waals surface area contributed by atoms with E-state index in [2.05, 4.69) is 0 Å². The molecule has 0 aliphatic carbocycles. The fourth-order valence-corrected chi connectivity index (χ4v) is 1.75. The fraction of sp³-hybridized carbons (Fsp3) is 0.333. The number of benzene rings is 1. The summed E-state index contributed by atoms with van der Waals surface area (Å²) < 4.78 is 38.6. The van der Waals surface area contributed by atoms with Crippen LogP contribution in [0.4, 0.5) is 13.2 Å². The lowest BCUT2D eigenvalue weighted by Crippen LogP contribution is -2.49. The normalized spacial score (nSPS) is 14.6. The first-order valence-electron chi connectivity index (χ1n) is 5.28. The number of hydrogen-bond donors (Lipinski definition) is 2. The molecule has 0 heterocycles. The van der Waals surface area contributed by atoms with E-state index in [-0.39, 0.29) is 0 Å². The van der Waals surface area contributed by atoms with E-state index in [1.807, 2.05) is 5.32 Å². The van der Waals surface area contributed by atoms with Gasteiger partial charge in [0.25, 0.3) is 0 Å². The van der Waals surface area contributed by atoms with E-state index >= 15 is 0 Å². The molecule has 1 amide bonds. The second-order valence-corrected chi connectivity index (χ2v) is 4.15. The highest BCUT2D eigenvalue weighted by molar-refractivity contribution is 5.87. The van der Waals surface area contributed by atoms with Crippen molar-refractivity contribution in [1.29, 1.82) is 0 Å². The summed E-state index contributed by atoms with van der Waals surface area (Å²) in [5.41, 5.74) is -3.74. The van der Waals surface area contributed by atoms with Crippen molar-refractivity contribution in [3.63, 3.8) is 0 Å². The van der Waals surface area contributed by atoms with Gasteiger partial charge in [0.15, 0.2) is 5.54 Å². The third-order valence-corrected chi connectivity index (χ3v) is 2.62. The number of carboxylic acid groups (broad SMARTS) is 1. The Hall–Kier alpha value is -2.05. The van der Waals surface area contributed by atoms with E-state index < -0.39 is 34.7 Å². The van der Waals surface area contributed by atoms with Crippen molar-refractivity contribution >= 4 is 11.9 Å².